The molecule has 0 fully saturated rings. The lowest BCUT2D eigenvalue weighted by Gasteiger charge is -2.07. The van der Waals surface area contributed by atoms with Crippen molar-refractivity contribution in [3.8, 4) is 0 Å². The van der Waals surface area contributed by atoms with Gasteiger partial charge >= 0.3 is 0 Å². The monoisotopic (exact) mass is 408 g/mol. The molecule has 0 aliphatic carbocycles. The maximum Gasteiger partial charge on any atom is 0.144 e. The van der Waals surface area contributed by atoms with E-state index in [0.717, 1.165) is 16.0 Å². The van der Waals surface area contributed by atoms with Crippen molar-refractivity contribution in [2.45, 2.75) is 0 Å². The van der Waals surface area contributed by atoms with Crippen molar-refractivity contribution in [2.24, 2.45) is 0 Å². The van der Waals surface area contributed by atoms with Gasteiger partial charge in [0.05, 0.1) is 9.50 Å². The highest BCUT2D eigenvalue weighted by molar-refractivity contribution is 14.1. The van der Waals surface area contributed by atoms with Crippen molar-refractivity contribution < 1.29 is 0 Å². The zero-order chi connectivity index (χ0) is 11.5. The Balaban J connectivity index is 2.23. The molecule has 0 aliphatic heterocycles. The van der Waals surface area contributed by atoms with Crippen LogP contribution in [0.1, 0.15) is 0 Å². The summed E-state index contributed by atoms with van der Waals surface area (Å²) in [5, 5.41) is 3.82. The van der Waals surface area contributed by atoms with E-state index >= 15 is 0 Å². The second-order valence-electron chi connectivity index (χ2n) is 3.12. The van der Waals surface area contributed by atoms with Crippen molar-refractivity contribution >= 4 is 61.6 Å². The first kappa shape index (κ1) is 12.1. The molecule has 82 valence electrons. The summed E-state index contributed by atoms with van der Waals surface area (Å²) in [6.45, 7) is 0. The van der Waals surface area contributed by atoms with E-state index in [2.05, 4.69) is 48.8 Å². The number of halogens is 3. The van der Waals surface area contributed by atoms with E-state index in [0.29, 0.717) is 5.02 Å². The lowest BCUT2D eigenvalue weighted by atomic mass is 10.3. The molecule has 0 saturated carbocycles. The van der Waals surface area contributed by atoms with Crippen LogP contribution in [-0.4, -0.2) is 4.98 Å². The summed E-state index contributed by atoms with van der Waals surface area (Å²) in [5.41, 5.74) is 0.996. The number of benzene rings is 1. The Bertz CT molecular complexity index is 502. The zero-order valence-electron chi connectivity index (χ0n) is 8.05. The number of rotatable bonds is 2. The first-order chi connectivity index (χ1) is 7.65. The van der Waals surface area contributed by atoms with E-state index in [1.807, 2.05) is 30.3 Å². The van der Waals surface area contributed by atoms with Crippen LogP contribution in [0.15, 0.2) is 41.0 Å². The van der Waals surface area contributed by atoms with Gasteiger partial charge in [0.2, 0.25) is 0 Å². The number of nitrogens with zero attached hydrogens (tertiary/aromatic N) is 1. The Hall–Kier alpha value is -0.330. The highest BCUT2D eigenvalue weighted by Crippen LogP contribution is 2.26. The van der Waals surface area contributed by atoms with Crippen molar-refractivity contribution in [1.82, 2.24) is 4.98 Å². The lowest BCUT2D eigenvalue weighted by Crippen LogP contribution is -1.94. The van der Waals surface area contributed by atoms with E-state index in [4.69, 9.17) is 11.6 Å². The topological polar surface area (TPSA) is 24.9 Å². The van der Waals surface area contributed by atoms with Crippen LogP contribution in [-0.2, 0) is 0 Å². The fourth-order valence-electron chi connectivity index (χ4n) is 1.18. The molecule has 1 N–H and O–H groups in total. The third-order valence-corrected chi connectivity index (χ3v) is 3.45. The predicted molar refractivity (Wildman–Crippen MR) is 79.4 cm³/mol. The van der Waals surface area contributed by atoms with Gasteiger partial charge in [0.1, 0.15) is 5.82 Å². The molecule has 5 heteroatoms. The number of hydrogen-bond acceptors (Lipinski definition) is 2. The SMILES string of the molecule is Clc1cnc(Nc2ccc(I)cc2)c(Br)c1. The number of aromatic nitrogens is 1. The van der Waals surface area contributed by atoms with Gasteiger partial charge in [-0.2, -0.15) is 0 Å². The average Bonchev–Trinajstić information content (AvgIpc) is 2.25. The largest absolute Gasteiger partial charge is 0.339 e. The van der Waals surface area contributed by atoms with Crippen LogP contribution in [0.5, 0.6) is 0 Å². The molecule has 0 radical (unpaired) electrons. The summed E-state index contributed by atoms with van der Waals surface area (Å²) in [6.07, 6.45) is 1.61. The Morgan fingerprint density at radius 3 is 2.56 bits per heavy atom. The van der Waals surface area contributed by atoms with E-state index in [-0.39, 0.29) is 0 Å². The second kappa shape index (κ2) is 5.33. The molecule has 2 aromatic rings. The summed E-state index contributed by atoms with van der Waals surface area (Å²) in [7, 11) is 0. The van der Waals surface area contributed by atoms with Gasteiger partial charge < -0.3 is 5.32 Å². The number of hydrogen-bond donors (Lipinski definition) is 1. The predicted octanol–water partition coefficient (Wildman–Crippen LogP) is 4.85. The summed E-state index contributed by atoms with van der Waals surface area (Å²) in [6, 6.07) is 9.89. The van der Waals surface area contributed by atoms with Crippen LogP contribution in [0.4, 0.5) is 11.5 Å². The van der Waals surface area contributed by atoms with E-state index in [1.54, 1.807) is 6.20 Å². The van der Waals surface area contributed by atoms with E-state index in [1.165, 1.54) is 3.57 Å². The lowest BCUT2D eigenvalue weighted by molar-refractivity contribution is 1.29. The molecule has 0 saturated heterocycles. The smallest absolute Gasteiger partial charge is 0.144 e. The van der Waals surface area contributed by atoms with Crippen LogP contribution in [0.25, 0.3) is 0 Å². The first-order valence-electron chi connectivity index (χ1n) is 4.49. The third-order valence-electron chi connectivity index (χ3n) is 1.91. The van der Waals surface area contributed by atoms with Crippen LogP contribution >= 0.6 is 50.1 Å². The Kier molecular flexibility index (Phi) is 4.05. The standard InChI is InChI=1S/C11H7BrClIN2/c12-10-5-7(13)6-15-11(10)16-9-3-1-8(14)2-4-9/h1-6H,(H,15,16). The maximum atomic E-state index is 5.82. The summed E-state index contributed by atoms with van der Waals surface area (Å²) in [4.78, 5) is 4.20. The van der Waals surface area contributed by atoms with E-state index < -0.39 is 0 Å². The molecule has 2 rings (SSSR count). The molecule has 0 spiro atoms. The molecule has 0 atom stereocenters. The zero-order valence-corrected chi connectivity index (χ0v) is 12.5. The number of anilines is 2. The van der Waals surface area contributed by atoms with Gasteiger partial charge in [-0.15, -0.1) is 0 Å². The fraction of sp³-hybridized carbons (Fsp3) is 0. The Morgan fingerprint density at radius 1 is 1.25 bits per heavy atom. The first-order valence-corrected chi connectivity index (χ1v) is 6.74. The van der Waals surface area contributed by atoms with Gasteiger partial charge in [0.25, 0.3) is 0 Å². The van der Waals surface area contributed by atoms with Crippen molar-refractivity contribution in [3.05, 3.63) is 49.6 Å². The molecule has 0 amide bonds. The van der Waals surface area contributed by atoms with Crippen LogP contribution in [0, 0.1) is 3.57 Å². The van der Waals surface area contributed by atoms with Crippen LogP contribution < -0.4 is 5.32 Å². The summed E-state index contributed by atoms with van der Waals surface area (Å²) in [5.74, 6) is 0.755. The fourth-order valence-corrected chi connectivity index (χ4v) is 2.27. The van der Waals surface area contributed by atoms with Crippen LogP contribution in [0.3, 0.4) is 0 Å². The van der Waals surface area contributed by atoms with Crippen molar-refractivity contribution in [1.29, 1.82) is 0 Å². The van der Waals surface area contributed by atoms with Crippen LogP contribution in [0.2, 0.25) is 5.02 Å². The summed E-state index contributed by atoms with van der Waals surface area (Å²) >= 11 is 11.5. The molecular weight excluding hydrogens is 402 g/mol. The van der Waals surface area contributed by atoms with Gasteiger partial charge in [-0.3, -0.25) is 0 Å². The minimum atomic E-state index is 0.611. The number of nitrogens with one attached hydrogen (secondary N) is 1. The van der Waals surface area contributed by atoms with Gasteiger partial charge in [0.15, 0.2) is 0 Å². The molecule has 1 heterocycles. The number of pyridine rings is 1. The van der Waals surface area contributed by atoms with Gasteiger partial charge in [-0.25, -0.2) is 4.98 Å². The average molecular weight is 409 g/mol. The normalized spacial score (nSPS) is 10.2. The van der Waals surface area contributed by atoms with Crippen molar-refractivity contribution in [2.75, 3.05) is 5.32 Å². The molecule has 1 aromatic heterocycles. The highest BCUT2D eigenvalue weighted by Gasteiger charge is 2.02. The summed E-state index contributed by atoms with van der Waals surface area (Å²) < 4.78 is 2.05. The molecule has 0 unspecified atom stereocenters. The van der Waals surface area contributed by atoms with Gasteiger partial charge in [0, 0.05) is 15.5 Å². The molecule has 2 nitrogen and oxygen atoms in total. The minimum absolute atomic E-state index is 0.611. The molecular formula is C11H7BrClIN2. The molecule has 1 aromatic carbocycles. The molecule has 0 aliphatic rings. The van der Waals surface area contributed by atoms with Gasteiger partial charge in [-0.05, 0) is 68.9 Å². The highest BCUT2D eigenvalue weighted by atomic mass is 127. The maximum absolute atomic E-state index is 5.82. The third kappa shape index (κ3) is 3.09. The Labute approximate surface area is 121 Å². The minimum Gasteiger partial charge on any atom is -0.339 e. The quantitative estimate of drug-likeness (QED) is 0.718. The van der Waals surface area contributed by atoms with Crippen molar-refractivity contribution in [3.63, 3.8) is 0 Å². The van der Waals surface area contributed by atoms with E-state index in [9.17, 15) is 0 Å². The molecule has 0 bridgehead atoms. The van der Waals surface area contributed by atoms with Gasteiger partial charge in [-0.1, -0.05) is 11.6 Å². The Morgan fingerprint density at radius 2 is 1.94 bits per heavy atom. The second-order valence-corrected chi connectivity index (χ2v) is 5.65. The molecule has 16 heavy (non-hydrogen) atoms.